The molecule has 4 heteroatoms. The molecule has 0 spiro atoms. The van der Waals surface area contributed by atoms with Gasteiger partial charge in [-0.05, 0) is 38.4 Å². The number of hydrogen-bond acceptors (Lipinski definition) is 4. The molecule has 0 aliphatic carbocycles. The van der Waals surface area contributed by atoms with E-state index < -0.39 is 0 Å². The van der Waals surface area contributed by atoms with Gasteiger partial charge in [-0.3, -0.25) is 9.69 Å². The van der Waals surface area contributed by atoms with E-state index in [1.165, 1.54) is 0 Å². The molecule has 0 aromatic heterocycles. The summed E-state index contributed by atoms with van der Waals surface area (Å²) in [5, 5.41) is 9.62. The summed E-state index contributed by atoms with van der Waals surface area (Å²) in [6, 6.07) is 7.34. The van der Waals surface area contributed by atoms with Gasteiger partial charge in [-0.1, -0.05) is 12.1 Å². The number of aliphatic hydroxyl groups is 1. The average molecular weight is 263 g/mol. The van der Waals surface area contributed by atoms with Gasteiger partial charge in [-0.15, -0.1) is 0 Å². The lowest BCUT2D eigenvalue weighted by Gasteiger charge is -2.29. The Morgan fingerprint density at radius 1 is 1.47 bits per heavy atom. The molecule has 1 heterocycles. The van der Waals surface area contributed by atoms with Gasteiger partial charge in [0.25, 0.3) is 0 Å². The highest BCUT2D eigenvalue weighted by molar-refractivity contribution is 6.00. The van der Waals surface area contributed by atoms with Gasteiger partial charge in [0.05, 0.1) is 24.8 Å². The minimum Gasteiger partial charge on any atom is -0.493 e. The fraction of sp³-hybridized carbons (Fsp3) is 0.533. The fourth-order valence-corrected chi connectivity index (χ4v) is 2.44. The van der Waals surface area contributed by atoms with Crippen molar-refractivity contribution in [1.29, 1.82) is 0 Å². The van der Waals surface area contributed by atoms with Gasteiger partial charge in [0, 0.05) is 6.54 Å². The van der Waals surface area contributed by atoms with Crippen LogP contribution in [0.4, 0.5) is 0 Å². The summed E-state index contributed by atoms with van der Waals surface area (Å²) in [7, 11) is 0. The first kappa shape index (κ1) is 14.0. The number of piperidine rings is 1. The second-order valence-electron chi connectivity index (χ2n) is 4.88. The summed E-state index contributed by atoms with van der Waals surface area (Å²) in [5.41, 5.74) is 0.629. The Morgan fingerprint density at radius 3 is 3.00 bits per heavy atom. The number of β-amino-alcohol motifs (C(OH)–C–C–N with tert-alkyl or cyclic N) is 1. The van der Waals surface area contributed by atoms with E-state index in [2.05, 4.69) is 0 Å². The number of carbonyl (C=O) groups excluding carboxylic acids is 1. The molecular formula is C15H21NO3. The lowest BCUT2D eigenvalue weighted by molar-refractivity contribution is 0.0632. The number of benzene rings is 1. The Hall–Kier alpha value is -1.39. The van der Waals surface area contributed by atoms with E-state index in [9.17, 15) is 9.90 Å². The SMILES string of the molecule is CCOc1ccccc1C(=O)CN1CCCC(O)C1. The smallest absolute Gasteiger partial charge is 0.180 e. The molecule has 1 N–H and O–H groups in total. The first-order valence-electron chi connectivity index (χ1n) is 6.86. The Morgan fingerprint density at radius 2 is 2.26 bits per heavy atom. The normalized spacial score (nSPS) is 20.2. The van der Waals surface area contributed by atoms with Gasteiger partial charge in [0.2, 0.25) is 0 Å². The van der Waals surface area contributed by atoms with Crippen LogP contribution in [0.1, 0.15) is 30.1 Å². The number of ketones is 1. The lowest BCUT2D eigenvalue weighted by Crippen LogP contribution is -2.41. The van der Waals surface area contributed by atoms with Crippen molar-refractivity contribution < 1.29 is 14.6 Å². The molecule has 1 unspecified atom stereocenters. The predicted molar refractivity (Wildman–Crippen MR) is 73.6 cm³/mol. The van der Waals surface area contributed by atoms with E-state index in [1.54, 1.807) is 6.07 Å². The van der Waals surface area contributed by atoms with E-state index >= 15 is 0 Å². The molecule has 1 atom stereocenters. The summed E-state index contributed by atoms with van der Waals surface area (Å²) in [4.78, 5) is 14.3. The standard InChI is InChI=1S/C15H21NO3/c1-2-19-15-8-4-3-7-13(15)14(18)11-16-9-5-6-12(17)10-16/h3-4,7-8,12,17H,2,5-6,9-11H2,1H3. The van der Waals surface area contributed by atoms with Crippen molar-refractivity contribution in [3.05, 3.63) is 29.8 Å². The van der Waals surface area contributed by atoms with Crippen molar-refractivity contribution in [3.8, 4) is 5.75 Å². The molecule has 19 heavy (non-hydrogen) atoms. The first-order chi connectivity index (χ1) is 9.20. The molecule has 1 aliphatic rings. The second kappa shape index (κ2) is 6.68. The monoisotopic (exact) mass is 263 g/mol. The van der Waals surface area contributed by atoms with Crippen molar-refractivity contribution in [3.63, 3.8) is 0 Å². The highest BCUT2D eigenvalue weighted by Crippen LogP contribution is 2.19. The van der Waals surface area contributed by atoms with Crippen LogP contribution in [0.2, 0.25) is 0 Å². The van der Waals surface area contributed by atoms with Crippen molar-refractivity contribution in [1.82, 2.24) is 4.90 Å². The lowest BCUT2D eigenvalue weighted by atomic mass is 10.1. The first-order valence-corrected chi connectivity index (χ1v) is 6.86. The summed E-state index contributed by atoms with van der Waals surface area (Å²) >= 11 is 0. The van der Waals surface area contributed by atoms with Crippen molar-refractivity contribution >= 4 is 5.78 Å². The zero-order valence-corrected chi connectivity index (χ0v) is 11.3. The van der Waals surface area contributed by atoms with Gasteiger partial charge in [-0.25, -0.2) is 0 Å². The second-order valence-corrected chi connectivity index (χ2v) is 4.88. The maximum atomic E-state index is 12.3. The average Bonchev–Trinajstić information content (AvgIpc) is 2.39. The Labute approximate surface area is 114 Å². The fourth-order valence-electron chi connectivity index (χ4n) is 2.44. The van der Waals surface area contributed by atoms with Crippen LogP contribution >= 0.6 is 0 Å². The van der Waals surface area contributed by atoms with E-state index in [0.29, 0.717) is 31.0 Å². The van der Waals surface area contributed by atoms with E-state index in [1.807, 2.05) is 30.0 Å². The number of nitrogens with zero attached hydrogens (tertiary/aromatic N) is 1. The van der Waals surface area contributed by atoms with E-state index in [4.69, 9.17) is 4.74 Å². The van der Waals surface area contributed by atoms with Crippen molar-refractivity contribution in [2.75, 3.05) is 26.2 Å². The molecular weight excluding hydrogens is 242 g/mol. The highest BCUT2D eigenvalue weighted by Gasteiger charge is 2.21. The molecule has 1 aliphatic heterocycles. The minimum atomic E-state index is -0.302. The number of carbonyl (C=O) groups is 1. The third-order valence-corrected chi connectivity index (χ3v) is 3.34. The molecule has 104 valence electrons. The van der Waals surface area contributed by atoms with Gasteiger partial charge >= 0.3 is 0 Å². The van der Waals surface area contributed by atoms with E-state index in [-0.39, 0.29) is 11.9 Å². The summed E-state index contributed by atoms with van der Waals surface area (Å²) in [6.45, 7) is 4.26. The zero-order valence-electron chi connectivity index (χ0n) is 11.3. The molecule has 0 saturated carbocycles. The van der Waals surface area contributed by atoms with Crippen molar-refractivity contribution in [2.45, 2.75) is 25.9 Å². The number of likely N-dealkylation sites (tertiary alicyclic amines) is 1. The van der Waals surface area contributed by atoms with Crippen LogP contribution in [0.3, 0.4) is 0 Å². The van der Waals surface area contributed by atoms with Gasteiger partial charge in [0.15, 0.2) is 5.78 Å². The summed E-state index contributed by atoms with van der Waals surface area (Å²) in [5.74, 6) is 0.700. The number of rotatable bonds is 5. The number of para-hydroxylation sites is 1. The third kappa shape index (κ3) is 3.78. The van der Waals surface area contributed by atoms with Gasteiger partial charge < -0.3 is 9.84 Å². The van der Waals surface area contributed by atoms with Crippen LogP contribution in [-0.2, 0) is 0 Å². The summed E-state index contributed by atoms with van der Waals surface area (Å²) in [6.07, 6.45) is 1.48. The third-order valence-electron chi connectivity index (χ3n) is 3.34. The number of ether oxygens (including phenoxy) is 1. The minimum absolute atomic E-state index is 0.0538. The topological polar surface area (TPSA) is 49.8 Å². The molecule has 0 bridgehead atoms. The largest absolute Gasteiger partial charge is 0.493 e. The maximum absolute atomic E-state index is 12.3. The molecule has 1 saturated heterocycles. The molecule has 2 rings (SSSR count). The van der Waals surface area contributed by atoms with Gasteiger partial charge in [0.1, 0.15) is 5.75 Å². The van der Waals surface area contributed by atoms with Crippen LogP contribution in [0.5, 0.6) is 5.75 Å². The van der Waals surface area contributed by atoms with Crippen LogP contribution in [0.25, 0.3) is 0 Å². The summed E-state index contributed by atoms with van der Waals surface area (Å²) < 4.78 is 5.48. The van der Waals surface area contributed by atoms with Crippen LogP contribution in [-0.4, -0.2) is 48.1 Å². The van der Waals surface area contributed by atoms with Crippen LogP contribution in [0, 0.1) is 0 Å². The predicted octanol–water partition coefficient (Wildman–Crippen LogP) is 1.72. The number of aliphatic hydroxyl groups excluding tert-OH is 1. The molecule has 1 aromatic rings. The number of Topliss-reactive ketones (excluding diaryl/α,β-unsaturated/α-hetero) is 1. The molecule has 0 radical (unpaired) electrons. The van der Waals surface area contributed by atoms with Crippen LogP contribution in [0.15, 0.2) is 24.3 Å². The highest BCUT2D eigenvalue weighted by atomic mass is 16.5. The quantitative estimate of drug-likeness (QED) is 0.822. The van der Waals surface area contributed by atoms with Crippen LogP contribution < -0.4 is 4.74 Å². The zero-order chi connectivity index (χ0) is 13.7. The molecule has 1 fully saturated rings. The van der Waals surface area contributed by atoms with E-state index in [0.717, 1.165) is 19.4 Å². The maximum Gasteiger partial charge on any atom is 0.180 e. The Balaban J connectivity index is 2.03. The Kier molecular flexibility index (Phi) is 4.93. The van der Waals surface area contributed by atoms with Crippen molar-refractivity contribution in [2.24, 2.45) is 0 Å². The molecule has 4 nitrogen and oxygen atoms in total. The van der Waals surface area contributed by atoms with Gasteiger partial charge in [-0.2, -0.15) is 0 Å². The number of hydrogen-bond donors (Lipinski definition) is 1. The molecule has 1 aromatic carbocycles. The molecule has 0 amide bonds. The Bertz CT molecular complexity index is 433.